The molecule has 0 aliphatic rings. The molecule has 28 heavy (non-hydrogen) atoms. The molecule has 0 heterocycles. The van der Waals surface area contributed by atoms with Crippen LogP contribution < -0.4 is 15.2 Å². The zero-order chi connectivity index (χ0) is 19.8. The summed E-state index contributed by atoms with van der Waals surface area (Å²) in [5.41, 5.74) is 6.38. The summed E-state index contributed by atoms with van der Waals surface area (Å²) < 4.78 is 11.0. The smallest absolute Gasteiger partial charge is 0.255 e. The lowest BCUT2D eigenvalue weighted by atomic mass is 10.1. The van der Waals surface area contributed by atoms with Crippen LogP contribution in [0, 0.1) is 0 Å². The lowest BCUT2D eigenvalue weighted by molar-refractivity contribution is -0.119. The van der Waals surface area contributed by atoms with Gasteiger partial charge in [0.1, 0.15) is 17.2 Å². The molecule has 3 rings (SSSR count). The molecule has 1 amide bonds. The number of hydrogen-bond acceptors (Lipinski definition) is 4. The van der Waals surface area contributed by atoms with E-state index in [2.05, 4.69) is 0 Å². The third kappa shape index (κ3) is 5.57. The number of amides is 1. The Morgan fingerprint density at radius 3 is 2.21 bits per heavy atom. The first kappa shape index (κ1) is 18.9. The van der Waals surface area contributed by atoms with Crippen molar-refractivity contribution in [2.24, 2.45) is 5.73 Å². The van der Waals surface area contributed by atoms with Crippen LogP contribution >= 0.6 is 0 Å². The van der Waals surface area contributed by atoms with Crippen LogP contribution in [0.3, 0.4) is 0 Å². The third-order valence-electron chi connectivity index (χ3n) is 3.79. The number of carbonyl (C=O) groups excluding carboxylic acids is 2. The summed E-state index contributed by atoms with van der Waals surface area (Å²) in [5, 5.41) is 0. The summed E-state index contributed by atoms with van der Waals surface area (Å²) in [4.78, 5) is 23.1. The van der Waals surface area contributed by atoms with E-state index in [4.69, 9.17) is 15.2 Å². The summed E-state index contributed by atoms with van der Waals surface area (Å²) >= 11 is 0. The molecule has 3 aromatic rings. The molecule has 0 aliphatic heterocycles. The van der Waals surface area contributed by atoms with Gasteiger partial charge in [-0.2, -0.15) is 0 Å². The molecule has 0 fully saturated rings. The summed E-state index contributed by atoms with van der Waals surface area (Å²) in [7, 11) is 0. The number of benzene rings is 3. The van der Waals surface area contributed by atoms with Gasteiger partial charge in [0.25, 0.3) is 5.91 Å². The van der Waals surface area contributed by atoms with E-state index in [9.17, 15) is 9.59 Å². The quantitative estimate of drug-likeness (QED) is 0.473. The van der Waals surface area contributed by atoms with Crippen molar-refractivity contribution in [3.8, 4) is 17.2 Å². The van der Waals surface area contributed by atoms with Crippen molar-refractivity contribution in [2.45, 2.75) is 0 Å². The molecule has 2 N–H and O–H groups in total. The molecule has 0 atom stereocenters. The van der Waals surface area contributed by atoms with Crippen LogP contribution in [0.2, 0.25) is 0 Å². The summed E-state index contributed by atoms with van der Waals surface area (Å²) in [6, 6.07) is 23.5. The van der Waals surface area contributed by atoms with E-state index in [1.54, 1.807) is 30.3 Å². The first-order valence-electron chi connectivity index (χ1n) is 8.67. The van der Waals surface area contributed by atoms with E-state index >= 15 is 0 Å². The number of ether oxygens (including phenoxy) is 2. The van der Waals surface area contributed by atoms with Gasteiger partial charge in [-0.25, -0.2) is 0 Å². The van der Waals surface area contributed by atoms with E-state index in [1.807, 2.05) is 54.6 Å². The molecule has 0 radical (unpaired) electrons. The van der Waals surface area contributed by atoms with E-state index in [0.717, 1.165) is 11.3 Å². The van der Waals surface area contributed by atoms with Gasteiger partial charge in [-0.3, -0.25) is 9.59 Å². The summed E-state index contributed by atoms with van der Waals surface area (Å²) in [5.74, 6) is 1.15. The largest absolute Gasteiger partial charge is 0.484 e. The molecule has 5 heteroatoms. The highest BCUT2D eigenvalue weighted by Gasteiger charge is 2.05. The monoisotopic (exact) mass is 373 g/mol. The van der Waals surface area contributed by atoms with Crippen molar-refractivity contribution < 1.29 is 19.1 Å². The minimum atomic E-state index is -0.573. The molecule has 0 saturated carbocycles. The zero-order valence-electron chi connectivity index (χ0n) is 15.1. The van der Waals surface area contributed by atoms with Crippen molar-refractivity contribution >= 4 is 17.8 Å². The normalized spacial score (nSPS) is 10.6. The van der Waals surface area contributed by atoms with Crippen LogP contribution in [0.1, 0.15) is 15.9 Å². The maximum Gasteiger partial charge on any atom is 0.255 e. The van der Waals surface area contributed by atoms with Gasteiger partial charge in [0.2, 0.25) is 0 Å². The van der Waals surface area contributed by atoms with Gasteiger partial charge in [-0.15, -0.1) is 0 Å². The van der Waals surface area contributed by atoms with E-state index in [-0.39, 0.29) is 12.4 Å². The Balaban J connectivity index is 1.62. The minimum Gasteiger partial charge on any atom is -0.484 e. The lowest BCUT2D eigenvalue weighted by Crippen LogP contribution is -2.20. The SMILES string of the molecule is NC(=O)COc1cccc(C(=O)/C=C/c2ccc(Oc3ccccc3)cc2)c1. The Labute approximate surface area is 163 Å². The Morgan fingerprint density at radius 1 is 0.821 bits per heavy atom. The topological polar surface area (TPSA) is 78.6 Å². The maximum absolute atomic E-state index is 12.4. The Bertz CT molecular complexity index is 979. The second-order valence-electron chi connectivity index (χ2n) is 5.96. The van der Waals surface area contributed by atoms with E-state index in [0.29, 0.717) is 17.1 Å². The van der Waals surface area contributed by atoms with Crippen molar-refractivity contribution in [2.75, 3.05) is 6.61 Å². The highest BCUT2D eigenvalue weighted by atomic mass is 16.5. The molecule has 0 unspecified atom stereocenters. The van der Waals surface area contributed by atoms with Crippen molar-refractivity contribution in [3.63, 3.8) is 0 Å². The van der Waals surface area contributed by atoms with Crippen LogP contribution in [0.25, 0.3) is 6.08 Å². The molecule has 0 saturated heterocycles. The Morgan fingerprint density at radius 2 is 1.50 bits per heavy atom. The zero-order valence-corrected chi connectivity index (χ0v) is 15.1. The Hall–Kier alpha value is -3.86. The fourth-order valence-corrected chi connectivity index (χ4v) is 2.43. The fraction of sp³-hybridized carbons (Fsp3) is 0.0435. The molecule has 3 aromatic carbocycles. The number of nitrogens with two attached hydrogens (primary N) is 1. The minimum absolute atomic E-state index is 0.172. The molecular weight excluding hydrogens is 354 g/mol. The second-order valence-corrected chi connectivity index (χ2v) is 5.96. The first-order valence-corrected chi connectivity index (χ1v) is 8.67. The van der Waals surface area contributed by atoms with Crippen LogP contribution in [-0.2, 0) is 4.79 Å². The van der Waals surface area contributed by atoms with Crippen molar-refractivity contribution in [1.82, 2.24) is 0 Å². The maximum atomic E-state index is 12.4. The van der Waals surface area contributed by atoms with Crippen LogP contribution in [0.4, 0.5) is 0 Å². The number of carbonyl (C=O) groups is 2. The fourth-order valence-electron chi connectivity index (χ4n) is 2.43. The Kier molecular flexibility index (Phi) is 6.21. The van der Waals surface area contributed by atoms with Crippen LogP contribution in [0.5, 0.6) is 17.2 Å². The van der Waals surface area contributed by atoms with Crippen molar-refractivity contribution in [1.29, 1.82) is 0 Å². The van der Waals surface area contributed by atoms with Crippen LogP contribution in [-0.4, -0.2) is 18.3 Å². The number of para-hydroxylation sites is 1. The highest BCUT2D eigenvalue weighted by Crippen LogP contribution is 2.21. The number of allylic oxidation sites excluding steroid dienone is 1. The van der Waals surface area contributed by atoms with Crippen LogP contribution in [0.15, 0.2) is 84.9 Å². The molecule has 0 spiro atoms. The highest BCUT2D eigenvalue weighted by molar-refractivity contribution is 6.07. The number of primary amides is 1. The predicted molar refractivity (Wildman–Crippen MR) is 107 cm³/mol. The van der Waals surface area contributed by atoms with Gasteiger partial charge in [0, 0.05) is 5.56 Å². The van der Waals surface area contributed by atoms with Gasteiger partial charge >= 0.3 is 0 Å². The standard InChI is InChI=1S/C23H19NO4/c24-23(26)16-27-21-8-4-5-18(15-21)22(25)14-11-17-9-12-20(13-10-17)28-19-6-2-1-3-7-19/h1-15H,16H2,(H2,24,26)/b14-11+. The average Bonchev–Trinajstić information content (AvgIpc) is 2.72. The molecule has 5 nitrogen and oxygen atoms in total. The van der Waals surface area contributed by atoms with Gasteiger partial charge in [-0.1, -0.05) is 48.5 Å². The van der Waals surface area contributed by atoms with Gasteiger partial charge < -0.3 is 15.2 Å². The first-order chi connectivity index (χ1) is 13.6. The number of ketones is 1. The van der Waals surface area contributed by atoms with Gasteiger partial charge in [0.15, 0.2) is 12.4 Å². The molecule has 0 bridgehead atoms. The number of hydrogen-bond donors (Lipinski definition) is 1. The van der Waals surface area contributed by atoms with Crippen molar-refractivity contribution in [3.05, 3.63) is 96.1 Å². The van der Waals surface area contributed by atoms with Gasteiger partial charge in [0.05, 0.1) is 0 Å². The summed E-state index contributed by atoms with van der Waals surface area (Å²) in [6.45, 7) is -0.231. The average molecular weight is 373 g/mol. The molecule has 140 valence electrons. The van der Waals surface area contributed by atoms with Gasteiger partial charge in [-0.05, 0) is 48.0 Å². The molecular formula is C23H19NO4. The number of rotatable bonds is 8. The third-order valence-corrected chi connectivity index (χ3v) is 3.79. The predicted octanol–water partition coefficient (Wildman–Crippen LogP) is 4.24. The second kappa shape index (κ2) is 9.19. The summed E-state index contributed by atoms with van der Waals surface area (Å²) in [6.07, 6.45) is 3.21. The van der Waals surface area contributed by atoms with E-state index < -0.39 is 5.91 Å². The molecule has 0 aromatic heterocycles. The van der Waals surface area contributed by atoms with E-state index in [1.165, 1.54) is 6.08 Å². The lowest BCUT2D eigenvalue weighted by Gasteiger charge is -2.05. The molecule has 0 aliphatic carbocycles.